The minimum atomic E-state index is 0.500. The van der Waals surface area contributed by atoms with Gasteiger partial charge in [-0.1, -0.05) is 66.7 Å². The van der Waals surface area contributed by atoms with Gasteiger partial charge in [-0.15, -0.1) is 0 Å². The zero-order chi connectivity index (χ0) is 9.61. The molecule has 0 aromatic heterocycles. The first-order valence-corrected chi connectivity index (χ1v) is 5.39. The number of hydrogen-bond donors (Lipinski definition) is 0. The van der Waals surface area contributed by atoms with E-state index in [9.17, 15) is 0 Å². The normalized spacial score (nSPS) is 19.8. The van der Waals surface area contributed by atoms with Crippen LogP contribution >= 0.6 is 0 Å². The molecule has 0 radical (unpaired) electrons. The summed E-state index contributed by atoms with van der Waals surface area (Å²) >= 11 is 0. The fourth-order valence-corrected chi connectivity index (χ4v) is 1.31. The second-order valence-corrected chi connectivity index (χ2v) is 5.74. The van der Waals surface area contributed by atoms with Crippen LogP contribution in [-0.2, 0) is 0 Å². The van der Waals surface area contributed by atoms with E-state index in [1.807, 2.05) is 0 Å². The molecular formula is C12H26. The van der Waals surface area contributed by atoms with E-state index in [0.29, 0.717) is 5.41 Å². The van der Waals surface area contributed by atoms with E-state index in [1.54, 1.807) is 0 Å². The largest absolute Gasteiger partial charge is 0.0625 e. The lowest BCUT2D eigenvalue weighted by atomic mass is 9.91. The summed E-state index contributed by atoms with van der Waals surface area (Å²) in [6.07, 6.45) is 7.44. The Hall–Kier alpha value is 0. The van der Waals surface area contributed by atoms with Crippen LogP contribution < -0.4 is 0 Å². The number of hydrogen-bond acceptors (Lipinski definition) is 0. The van der Waals surface area contributed by atoms with Crippen molar-refractivity contribution in [2.45, 2.75) is 66.7 Å². The van der Waals surface area contributed by atoms with Gasteiger partial charge in [-0.25, -0.2) is 0 Å². The Kier molecular flexibility index (Phi) is 5.61. The van der Waals surface area contributed by atoms with Crippen molar-refractivity contribution in [1.82, 2.24) is 0 Å². The second kappa shape index (κ2) is 5.61. The summed E-state index contributed by atoms with van der Waals surface area (Å²) < 4.78 is 0. The molecule has 74 valence electrons. The molecule has 0 spiro atoms. The van der Waals surface area contributed by atoms with Crippen LogP contribution in [0.15, 0.2) is 0 Å². The highest BCUT2D eigenvalue weighted by atomic mass is 14.1. The lowest BCUT2D eigenvalue weighted by Gasteiger charge is -2.15. The highest BCUT2D eigenvalue weighted by Gasteiger charge is 2.05. The van der Waals surface area contributed by atoms with Gasteiger partial charge in [0.1, 0.15) is 0 Å². The summed E-state index contributed by atoms with van der Waals surface area (Å²) in [5, 5.41) is 0. The van der Waals surface area contributed by atoms with Crippen molar-refractivity contribution >= 4 is 0 Å². The molecule has 1 aliphatic rings. The van der Waals surface area contributed by atoms with Crippen molar-refractivity contribution in [3.8, 4) is 0 Å². The highest BCUT2D eigenvalue weighted by Crippen LogP contribution is 2.22. The van der Waals surface area contributed by atoms with E-state index in [4.69, 9.17) is 0 Å². The van der Waals surface area contributed by atoms with E-state index in [-0.39, 0.29) is 0 Å². The highest BCUT2D eigenvalue weighted by molar-refractivity contribution is 4.59. The minimum Gasteiger partial charge on any atom is -0.0625 e. The van der Waals surface area contributed by atoms with Gasteiger partial charge in [0.05, 0.1) is 0 Å². The first-order valence-electron chi connectivity index (χ1n) is 5.39. The molecular weight excluding hydrogens is 144 g/mol. The van der Waals surface area contributed by atoms with Gasteiger partial charge in [0, 0.05) is 0 Å². The molecule has 1 aliphatic carbocycles. The topological polar surface area (TPSA) is 0 Å². The van der Waals surface area contributed by atoms with Crippen LogP contribution in [0.4, 0.5) is 0 Å². The molecule has 12 heavy (non-hydrogen) atoms. The SMILES string of the molecule is CC(C)(C)C.CC1CCCCC1. The molecule has 0 N–H and O–H groups in total. The molecule has 0 nitrogen and oxygen atoms in total. The Morgan fingerprint density at radius 2 is 1.17 bits per heavy atom. The fraction of sp³-hybridized carbons (Fsp3) is 1.00. The molecule has 0 heterocycles. The Bertz CT molecular complexity index is 85.1. The van der Waals surface area contributed by atoms with Crippen LogP contribution in [-0.4, -0.2) is 0 Å². The predicted molar refractivity (Wildman–Crippen MR) is 57.4 cm³/mol. The molecule has 1 saturated carbocycles. The van der Waals surface area contributed by atoms with Crippen LogP contribution in [0.5, 0.6) is 0 Å². The third-order valence-electron chi connectivity index (χ3n) is 1.89. The lowest BCUT2D eigenvalue weighted by molar-refractivity contribution is 0.385. The Morgan fingerprint density at radius 1 is 0.833 bits per heavy atom. The molecule has 0 atom stereocenters. The Labute approximate surface area is 78.8 Å². The molecule has 0 aromatic rings. The van der Waals surface area contributed by atoms with E-state index >= 15 is 0 Å². The van der Waals surface area contributed by atoms with Crippen molar-refractivity contribution in [2.24, 2.45) is 11.3 Å². The van der Waals surface area contributed by atoms with Crippen LogP contribution in [0.2, 0.25) is 0 Å². The fourth-order valence-electron chi connectivity index (χ4n) is 1.31. The Morgan fingerprint density at radius 3 is 1.33 bits per heavy atom. The maximum atomic E-state index is 2.36. The van der Waals surface area contributed by atoms with E-state index in [0.717, 1.165) is 5.92 Å². The summed E-state index contributed by atoms with van der Waals surface area (Å²) in [6.45, 7) is 11.1. The van der Waals surface area contributed by atoms with Crippen molar-refractivity contribution in [3.05, 3.63) is 0 Å². The third kappa shape index (κ3) is 12.7. The summed E-state index contributed by atoms with van der Waals surface area (Å²) in [5.41, 5.74) is 0.500. The molecule has 0 saturated heterocycles. The molecule has 0 heteroatoms. The quantitative estimate of drug-likeness (QED) is 0.497. The maximum absolute atomic E-state index is 2.36. The summed E-state index contributed by atoms with van der Waals surface area (Å²) in [5.74, 6) is 1.04. The maximum Gasteiger partial charge on any atom is -0.0411 e. The zero-order valence-corrected chi connectivity index (χ0v) is 9.61. The molecule has 0 amide bonds. The van der Waals surface area contributed by atoms with Crippen molar-refractivity contribution in [1.29, 1.82) is 0 Å². The average molecular weight is 170 g/mol. The second-order valence-electron chi connectivity index (χ2n) is 5.74. The van der Waals surface area contributed by atoms with Crippen molar-refractivity contribution in [2.75, 3.05) is 0 Å². The predicted octanol–water partition coefficient (Wildman–Crippen LogP) is 4.64. The summed E-state index contributed by atoms with van der Waals surface area (Å²) in [7, 11) is 0. The Balaban J connectivity index is 0.000000217. The van der Waals surface area contributed by atoms with Gasteiger partial charge in [-0.2, -0.15) is 0 Å². The van der Waals surface area contributed by atoms with E-state index in [1.165, 1.54) is 32.1 Å². The summed E-state index contributed by atoms with van der Waals surface area (Å²) in [6, 6.07) is 0. The van der Waals surface area contributed by atoms with Crippen LogP contribution in [0.3, 0.4) is 0 Å². The van der Waals surface area contributed by atoms with Gasteiger partial charge >= 0.3 is 0 Å². The van der Waals surface area contributed by atoms with Crippen molar-refractivity contribution in [3.63, 3.8) is 0 Å². The van der Waals surface area contributed by atoms with Crippen molar-refractivity contribution < 1.29 is 0 Å². The lowest BCUT2D eigenvalue weighted by Crippen LogP contribution is -1.99. The van der Waals surface area contributed by atoms with Gasteiger partial charge in [0.15, 0.2) is 0 Å². The molecule has 1 fully saturated rings. The third-order valence-corrected chi connectivity index (χ3v) is 1.89. The monoisotopic (exact) mass is 170 g/mol. The van der Waals surface area contributed by atoms with Crippen LogP contribution in [0.1, 0.15) is 66.7 Å². The summed E-state index contributed by atoms with van der Waals surface area (Å²) in [4.78, 5) is 0. The zero-order valence-electron chi connectivity index (χ0n) is 9.61. The standard InChI is InChI=1S/C7H14.C5H12/c1-7-5-3-2-4-6-7;1-5(2,3)4/h7H,2-6H2,1H3;1-4H3. The van der Waals surface area contributed by atoms with Gasteiger partial charge in [0.25, 0.3) is 0 Å². The van der Waals surface area contributed by atoms with Crippen LogP contribution in [0.25, 0.3) is 0 Å². The van der Waals surface area contributed by atoms with Gasteiger partial charge in [-0.05, 0) is 11.3 Å². The first kappa shape index (κ1) is 12.0. The van der Waals surface area contributed by atoms with Gasteiger partial charge in [-0.3, -0.25) is 0 Å². The van der Waals surface area contributed by atoms with E-state index < -0.39 is 0 Å². The average Bonchev–Trinajstić information content (AvgIpc) is 1.85. The first-order chi connectivity index (χ1) is 5.39. The molecule has 0 unspecified atom stereocenters. The molecule has 0 aliphatic heterocycles. The molecule has 0 aromatic carbocycles. The molecule has 0 bridgehead atoms. The van der Waals surface area contributed by atoms with E-state index in [2.05, 4.69) is 34.6 Å². The molecule has 1 rings (SSSR count). The van der Waals surface area contributed by atoms with Gasteiger partial charge in [0.2, 0.25) is 0 Å². The smallest absolute Gasteiger partial charge is 0.0411 e. The number of rotatable bonds is 0. The minimum absolute atomic E-state index is 0.500. The van der Waals surface area contributed by atoms with Crippen LogP contribution in [0, 0.1) is 11.3 Å². The van der Waals surface area contributed by atoms with Gasteiger partial charge < -0.3 is 0 Å².